The van der Waals surface area contributed by atoms with Gasteiger partial charge in [-0.15, -0.1) is 0 Å². The molecule has 1 N–H and O–H groups in total. The van der Waals surface area contributed by atoms with Crippen LogP contribution in [0, 0.1) is 5.92 Å². The second kappa shape index (κ2) is 5.76. The fourth-order valence-electron chi connectivity index (χ4n) is 2.50. The van der Waals surface area contributed by atoms with Crippen molar-refractivity contribution in [2.45, 2.75) is 38.6 Å². The molecule has 3 heteroatoms. The number of ether oxygens (including phenoxy) is 1. The van der Waals surface area contributed by atoms with E-state index in [4.69, 9.17) is 4.74 Å². The second-order valence-corrected chi connectivity index (χ2v) is 5.72. The number of halogens is 1. The van der Waals surface area contributed by atoms with E-state index in [-0.39, 0.29) is 0 Å². The lowest BCUT2D eigenvalue weighted by atomic mass is 9.86. The van der Waals surface area contributed by atoms with Crippen LogP contribution in [0.25, 0.3) is 0 Å². The minimum atomic E-state index is 0.615. The van der Waals surface area contributed by atoms with Crippen LogP contribution in [0.5, 0.6) is 5.75 Å². The fraction of sp³-hybridized carbons (Fsp3) is 0.571. The van der Waals surface area contributed by atoms with E-state index >= 15 is 0 Å². The Bertz CT molecular complexity index is 380. The van der Waals surface area contributed by atoms with Gasteiger partial charge in [-0.05, 0) is 52.9 Å². The van der Waals surface area contributed by atoms with Crippen molar-refractivity contribution in [2.24, 2.45) is 5.92 Å². The third kappa shape index (κ3) is 3.15. The highest BCUT2D eigenvalue weighted by atomic mass is 79.9. The van der Waals surface area contributed by atoms with Crippen LogP contribution in [0.1, 0.15) is 32.6 Å². The summed E-state index contributed by atoms with van der Waals surface area (Å²) in [5.41, 5.74) is 1.18. The molecule has 0 spiro atoms. The van der Waals surface area contributed by atoms with Crippen molar-refractivity contribution in [2.75, 3.05) is 12.4 Å². The van der Waals surface area contributed by atoms with Gasteiger partial charge in [-0.25, -0.2) is 0 Å². The maximum atomic E-state index is 5.24. The second-order valence-electron chi connectivity index (χ2n) is 4.86. The summed E-state index contributed by atoms with van der Waals surface area (Å²) < 4.78 is 6.24. The van der Waals surface area contributed by atoms with E-state index in [9.17, 15) is 0 Å². The van der Waals surface area contributed by atoms with Gasteiger partial charge in [0.05, 0.1) is 11.6 Å². The van der Waals surface area contributed by atoms with Gasteiger partial charge in [0.25, 0.3) is 0 Å². The van der Waals surface area contributed by atoms with Gasteiger partial charge in [0, 0.05) is 11.7 Å². The Morgan fingerprint density at radius 3 is 2.71 bits per heavy atom. The molecule has 0 bridgehead atoms. The molecule has 2 atom stereocenters. The molecule has 1 aliphatic rings. The molecule has 1 aliphatic carbocycles. The van der Waals surface area contributed by atoms with Crippen molar-refractivity contribution in [3.8, 4) is 5.75 Å². The first-order valence-corrected chi connectivity index (χ1v) is 7.10. The molecule has 1 aromatic rings. The average Bonchev–Trinajstić information content (AvgIpc) is 2.32. The molecule has 0 heterocycles. The van der Waals surface area contributed by atoms with Crippen LogP contribution < -0.4 is 10.1 Å². The minimum absolute atomic E-state index is 0.615. The van der Waals surface area contributed by atoms with Crippen molar-refractivity contribution < 1.29 is 4.74 Å². The van der Waals surface area contributed by atoms with E-state index in [2.05, 4.69) is 40.3 Å². The number of benzene rings is 1. The highest BCUT2D eigenvalue weighted by Crippen LogP contribution is 2.31. The lowest BCUT2D eigenvalue weighted by Gasteiger charge is -2.30. The maximum Gasteiger partial charge on any atom is 0.133 e. The normalized spacial score (nSPS) is 24.4. The van der Waals surface area contributed by atoms with Gasteiger partial charge in [0.2, 0.25) is 0 Å². The van der Waals surface area contributed by atoms with Crippen LogP contribution in [0.2, 0.25) is 0 Å². The van der Waals surface area contributed by atoms with Gasteiger partial charge in [0.15, 0.2) is 0 Å². The molecule has 1 aromatic carbocycles. The van der Waals surface area contributed by atoms with Crippen LogP contribution >= 0.6 is 15.9 Å². The topological polar surface area (TPSA) is 21.3 Å². The zero-order chi connectivity index (χ0) is 12.3. The molecule has 0 radical (unpaired) electrons. The number of rotatable bonds is 3. The number of anilines is 1. The van der Waals surface area contributed by atoms with Gasteiger partial charge in [0.1, 0.15) is 5.75 Å². The predicted molar refractivity (Wildman–Crippen MR) is 75.7 cm³/mol. The third-order valence-electron chi connectivity index (χ3n) is 3.62. The maximum absolute atomic E-state index is 5.24. The van der Waals surface area contributed by atoms with Crippen molar-refractivity contribution in [1.82, 2.24) is 0 Å². The molecule has 1 saturated carbocycles. The summed E-state index contributed by atoms with van der Waals surface area (Å²) in [4.78, 5) is 0. The Hall–Kier alpha value is -0.700. The summed E-state index contributed by atoms with van der Waals surface area (Å²) in [6.45, 7) is 2.34. The molecule has 0 aliphatic heterocycles. The van der Waals surface area contributed by atoms with E-state index in [1.807, 2.05) is 6.07 Å². The zero-order valence-corrected chi connectivity index (χ0v) is 12.1. The molecule has 2 unspecified atom stereocenters. The smallest absolute Gasteiger partial charge is 0.133 e. The van der Waals surface area contributed by atoms with E-state index in [0.29, 0.717) is 6.04 Å². The molecule has 0 saturated heterocycles. The summed E-state index contributed by atoms with van der Waals surface area (Å²) in [6, 6.07) is 6.80. The number of methoxy groups -OCH3 is 1. The van der Waals surface area contributed by atoms with Crippen LogP contribution in [0.3, 0.4) is 0 Å². The Labute approximate surface area is 112 Å². The van der Waals surface area contributed by atoms with Crippen LogP contribution in [-0.4, -0.2) is 13.2 Å². The number of nitrogens with one attached hydrogen (secondary N) is 1. The standard InChI is InChI=1S/C14H20BrNO/c1-10-5-3-4-6-13(10)16-11-7-8-14(17-2)12(15)9-11/h7-10,13,16H,3-6H2,1-2H3. The molecule has 1 fully saturated rings. The van der Waals surface area contributed by atoms with Gasteiger partial charge in [-0.2, -0.15) is 0 Å². The van der Waals surface area contributed by atoms with Crippen LogP contribution in [0.15, 0.2) is 22.7 Å². The first-order valence-electron chi connectivity index (χ1n) is 6.31. The summed E-state index contributed by atoms with van der Waals surface area (Å²) in [5, 5.41) is 3.64. The molecule has 94 valence electrons. The largest absolute Gasteiger partial charge is 0.496 e. The molecule has 0 amide bonds. The lowest BCUT2D eigenvalue weighted by molar-refractivity contribution is 0.349. The lowest BCUT2D eigenvalue weighted by Crippen LogP contribution is -2.30. The Morgan fingerprint density at radius 1 is 1.29 bits per heavy atom. The van der Waals surface area contributed by atoms with Crippen molar-refractivity contribution in [1.29, 1.82) is 0 Å². The quantitative estimate of drug-likeness (QED) is 0.890. The third-order valence-corrected chi connectivity index (χ3v) is 4.24. The van der Waals surface area contributed by atoms with Gasteiger partial charge in [-0.1, -0.05) is 19.8 Å². The van der Waals surface area contributed by atoms with Gasteiger partial charge in [-0.3, -0.25) is 0 Å². The van der Waals surface area contributed by atoms with E-state index in [0.717, 1.165) is 16.1 Å². The zero-order valence-electron chi connectivity index (χ0n) is 10.5. The van der Waals surface area contributed by atoms with E-state index in [1.165, 1.54) is 31.4 Å². The Morgan fingerprint density at radius 2 is 2.06 bits per heavy atom. The molecular weight excluding hydrogens is 278 g/mol. The molecule has 0 aromatic heterocycles. The first-order chi connectivity index (χ1) is 8.20. The highest BCUT2D eigenvalue weighted by molar-refractivity contribution is 9.10. The average molecular weight is 298 g/mol. The summed E-state index contributed by atoms with van der Waals surface area (Å²) in [7, 11) is 1.69. The highest BCUT2D eigenvalue weighted by Gasteiger charge is 2.20. The molecule has 2 rings (SSSR count). The Balaban J connectivity index is 2.05. The van der Waals surface area contributed by atoms with Gasteiger partial charge >= 0.3 is 0 Å². The van der Waals surface area contributed by atoms with Crippen LogP contribution in [-0.2, 0) is 0 Å². The summed E-state index contributed by atoms with van der Waals surface area (Å²) >= 11 is 3.52. The van der Waals surface area contributed by atoms with Crippen molar-refractivity contribution in [3.63, 3.8) is 0 Å². The van der Waals surface area contributed by atoms with Gasteiger partial charge < -0.3 is 10.1 Å². The number of hydrogen-bond acceptors (Lipinski definition) is 2. The number of hydrogen-bond donors (Lipinski definition) is 1. The van der Waals surface area contributed by atoms with E-state index < -0.39 is 0 Å². The monoisotopic (exact) mass is 297 g/mol. The summed E-state index contributed by atoms with van der Waals surface area (Å²) in [5.74, 6) is 1.65. The van der Waals surface area contributed by atoms with Crippen molar-refractivity contribution >= 4 is 21.6 Å². The van der Waals surface area contributed by atoms with Crippen molar-refractivity contribution in [3.05, 3.63) is 22.7 Å². The first kappa shape index (κ1) is 12.7. The SMILES string of the molecule is COc1ccc(NC2CCCCC2C)cc1Br. The molecule has 2 nitrogen and oxygen atoms in total. The predicted octanol–water partition coefficient (Wildman–Crippen LogP) is 4.45. The Kier molecular flexibility index (Phi) is 4.32. The minimum Gasteiger partial charge on any atom is -0.496 e. The summed E-state index contributed by atoms with van der Waals surface area (Å²) in [6.07, 6.45) is 5.35. The van der Waals surface area contributed by atoms with E-state index in [1.54, 1.807) is 7.11 Å². The van der Waals surface area contributed by atoms with Crippen LogP contribution in [0.4, 0.5) is 5.69 Å². The molecule has 17 heavy (non-hydrogen) atoms. The molecular formula is C14H20BrNO. The fourth-order valence-corrected chi connectivity index (χ4v) is 3.04.